The number of rotatable bonds is 11. The van der Waals surface area contributed by atoms with Gasteiger partial charge in [-0.25, -0.2) is 0 Å². The van der Waals surface area contributed by atoms with Gasteiger partial charge in [0.25, 0.3) is 0 Å². The molecular formula is C15H33NO. The number of unbranched alkanes of at least 4 members (excludes halogenated alkanes) is 6. The lowest BCUT2D eigenvalue weighted by Gasteiger charge is -2.47. The molecule has 0 saturated heterocycles. The van der Waals surface area contributed by atoms with Gasteiger partial charge < -0.3 is 9.85 Å². The normalized spacial score (nSPS) is 12.4. The van der Waals surface area contributed by atoms with Crippen molar-refractivity contribution in [2.45, 2.75) is 85.1 Å². The SMILES string of the molecule is CCCCCC[N+]([O-])(CCCCCC)C(C)C. The first kappa shape index (κ1) is 16.9. The van der Waals surface area contributed by atoms with E-state index in [1.165, 1.54) is 38.5 Å². The lowest BCUT2D eigenvalue weighted by atomic mass is 10.1. The topological polar surface area (TPSA) is 23.1 Å². The predicted octanol–water partition coefficient (Wildman–Crippen LogP) is 4.87. The molecule has 0 rings (SSSR count). The maximum Gasteiger partial charge on any atom is 0.0830 e. The van der Waals surface area contributed by atoms with E-state index in [2.05, 4.69) is 27.7 Å². The van der Waals surface area contributed by atoms with Crippen molar-refractivity contribution in [2.24, 2.45) is 0 Å². The van der Waals surface area contributed by atoms with Gasteiger partial charge in [0.05, 0.1) is 19.1 Å². The number of hydrogen-bond acceptors (Lipinski definition) is 1. The van der Waals surface area contributed by atoms with Gasteiger partial charge in [-0.1, -0.05) is 39.5 Å². The molecule has 0 aliphatic heterocycles. The van der Waals surface area contributed by atoms with E-state index < -0.39 is 0 Å². The molecule has 0 spiro atoms. The van der Waals surface area contributed by atoms with Crippen LogP contribution in [0.2, 0.25) is 0 Å². The van der Waals surface area contributed by atoms with Crippen LogP contribution < -0.4 is 0 Å². The minimum Gasteiger partial charge on any atom is -0.633 e. The van der Waals surface area contributed by atoms with Gasteiger partial charge >= 0.3 is 0 Å². The molecule has 0 aromatic rings. The average molecular weight is 243 g/mol. The Bertz CT molecular complexity index is 156. The Morgan fingerprint density at radius 1 is 0.765 bits per heavy atom. The summed E-state index contributed by atoms with van der Waals surface area (Å²) in [5.41, 5.74) is 0. The first-order valence-corrected chi connectivity index (χ1v) is 7.64. The van der Waals surface area contributed by atoms with Crippen LogP contribution in [0.15, 0.2) is 0 Å². The molecule has 0 heterocycles. The number of hydrogen-bond donors (Lipinski definition) is 0. The van der Waals surface area contributed by atoms with E-state index in [1.54, 1.807) is 0 Å². The standard InChI is InChI=1S/C15H33NO/c1-5-7-9-11-13-16(17,15(3)4)14-12-10-8-6-2/h15H,5-14H2,1-4H3. The summed E-state index contributed by atoms with van der Waals surface area (Å²) in [5, 5.41) is 12.7. The zero-order valence-electron chi connectivity index (χ0n) is 12.5. The molecule has 0 aliphatic carbocycles. The van der Waals surface area contributed by atoms with Crippen molar-refractivity contribution in [2.75, 3.05) is 13.1 Å². The van der Waals surface area contributed by atoms with Crippen molar-refractivity contribution in [3.63, 3.8) is 0 Å². The Balaban J connectivity index is 3.90. The molecule has 2 heteroatoms. The van der Waals surface area contributed by atoms with Crippen LogP contribution in [0.4, 0.5) is 0 Å². The van der Waals surface area contributed by atoms with Gasteiger partial charge in [0, 0.05) is 0 Å². The van der Waals surface area contributed by atoms with Crippen molar-refractivity contribution in [3.05, 3.63) is 5.21 Å². The lowest BCUT2D eigenvalue weighted by Crippen LogP contribution is -2.49. The largest absolute Gasteiger partial charge is 0.633 e. The minimum atomic E-state index is 0.0351. The van der Waals surface area contributed by atoms with Crippen molar-refractivity contribution < 1.29 is 4.65 Å². The summed E-state index contributed by atoms with van der Waals surface area (Å²) in [4.78, 5) is 0. The second-order valence-electron chi connectivity index (χ2n) is 5.61. The molecule has 17 heavy (non-hydrogen) atoms. The fourth-order valence-electron chi connectivity index (χ4n) is 2.24. The molecule has 0 unspecified atom stereocenters. The third-order valence-corrected chi connectivity index (χ3v) is 3.72. The summed E-state index contributed by atoms with van der Waals surface area (Å²) in [6.07, 6.45) is 9.68. The highest BCUT2D eigenvalue weighted by Crippen LogP contribution is 2.17. The maximum atomic E-state index is 12.7. The number of nitrogens with zero attached hydrogens (tertiary/aromatic N) is 1. The molecule has 0 amide bonds. The molecule has 0 N–H and O–H groups in total. The van der Waals surface area contributed by atoms with Crippen molar-refractivity contribution in [1.82, 2.24) is 0 Å². The highest BCUT2D eigenvalue weighted by Gasteiger charge is 2.19. The molecule has 0 fully saturated rings. The quantitative estimate of drug-likeness (QED) is 0.288. The molecule has 0 aromatic carbocycles. The third kappa shape index (κ3) is 7.77. The molecule has 0 bridgehead atoms. The molecule has 0 aliphatic rings. The van der Waals surface area contributed by atoms with Crippen LogP contribution in [0.3, 0.4) is 0 Å². The van der Waals surface area contributed by atoms with E-state index in [0.29, 0.717) is 0 Å². The minimum absolute atomic E-state index is 0.0351. The predicted molar refractivity (Wildman–Crippen MR) is 76.8 cm³/mol. The smallest absolute Gasteiger partial charge is 0.0830 e. The van der Waals surface area contributed by atoms with Gasteiger partial charge in [-0.15, -0.1) is 0 Å². The van der Waals surface area contributed by atoms with Gasteiger partial charge in [0.15, 0.2) is 0 Å². The molecular weight excluding hydrogens is 210 g/mol. The van der Waals surface area contributed by atoms with Gasteiger partial charge in [-0.2, -0.15) is 0 Å². The van der Waals surface area contributed by atoms with Crippen LogP contribution in [0.1, 0.15) is 79.1 Å². The van der Waals surface area contributed by atoms with Crippen molar-refractivity contribution in [1.29, 1.82) is 0 Å². The summed E-state index contributed by atoms with van der Waals surface area (Å²) in [6, 6.07) is 0.221. The van der Waals surface area contributed by atoms with E-state index in [9.17, 15) is 5.21 Å². The van der Waals surface area contributed by atoms with Crippen LogP contribution in [0, 0.1) is 5.21 Å². The first-order chi connectivity index (χ1) is 8.06. The summed E-state index contributed by atoms with van der Waals surface area (Å²) in [5.74, 6) is 0. The van der Waals surface area contributed by atoms with Crippen molar-refractivity contribution >= 4 is 0 Å². The molecule has 0 saturated carbocycles. The molecule has 104 valence electrons. The van der Waals surface area contributed by atoms with E-state index in [-0.39, 0.29) is 10.7 Å². The summed E-state index contributed by atoms with van der Waals surface area (Å²) in [6.45, 7) is 10.2. The molecule has 0 atom stereocenters. The summed E-state index contributed by atoms with van der Waals surface area (Å²) < 4.78 is 0.0351. The Morgan fingerprint density at radius 2 is 1.18 bits per heavy atom. The summed E-state index contributed by atoms with van der Waals surface area (Å²) >= 11 is 0. The first-order valence-electron chi connectivity index (χ1n) is 7.64. The number of hydroxylamine groups is 3. The Hall–Kier alpha value is -0.0800. The van der Waals surface area contributed by atoms with Crippen LogP contribution >= 0.6 is 0 Å². The zero-order valence-corrected chi connectivity index (χ0v) is 12.5. The Labute approximate surface area is 109 Å². The molecule has 2 nitrogen and oxygen atoms in total. The van der Waals surface area contributed by atoms with Crippen LogP contribution in [0.5, 0.6) is 0 Å². The monoisotopic (exact) mass is 243 g/mol. The van der Waals surface area contributed by atoms with Gasteiger partial charge in [-0.05, 0) is 39.5 Å². The van der Waals surface area contributed by atoms with Crippen LogP contribution in [-0.2, 0) is 0 Å². The van der Waals surface area contributed by atoms with E-state index >= 15 is 0 Å². The average Bonchev–Trinajstić information content (AvgIpc) is 2.30. The van der Waals surface area contributed by atoms with Crippen molar-refractivity contribution in [3.8, 4) is 0 Å². The third-order valence-electron chi connectivity index (χ3n) is 3.72. The zero-order chi connectivity index (χ0) is 13.1. The van der Waals surface area contributed by atoms with E-state index in [1.807, 2.05) is 0 Å². The van der Waals surface area contributed by atoms with E-state index in [4.69, 9.17) is 0 Å². The molecule has 0 radical (unpaired) electrons. The highest BCUT2D eigenvalue weighted by atomic mass is 16.5. The second-order valence-corrected chi connectivity index (χ2v) is 5.61. The van der Waals surface area contributed by atoms with Gasteiger partial charge in [0.1, 0.15) is 0 Å². The Morgan fingerprint density at radius 3 is 1.47 bits per heavy atom. The Kier molecular flexibility index (Phi) is 9.85. The lowest BCUT2D eigenvalue weighted by molar-refractivity contribution is -0.902. The second kappa shape index (κ2) is 9.90. The fourth-order valence-corrected chi connectivity index (χ4v) is 2.24. The highest BCUT2D eigenvalue weighted by molar-refractivity contribution is 4.53. The molecule has 0 aromatic heterocycles. The van der Waals surface area contributed by atoms with Crippen LogP contribution in [0.25, 0.3) is 0 Å². The fraction of sp³-hybridized carbons (Fsp3) is 1.00. The van der Waals surface area contributed by atoms with Gasteiger partial charge in [0.2, 0.25) is 0 Å². The summed E-state index contributed by atoms with van der Waals surface area (Å²) in [7, 11) is 0. The van der Waals surface area contributed by atoms with E-state index in [0.717, 1.165) is 25.9 Å². The van der Waals surface area contributed by atoms with Crippen LogP contribution in [-0.4, -0.2) is 23.8 Å². The maximum absolute atomic E-state index is 12.7. The van der Waals surface area contributed by atoms with Gasteiger partial charge in [-0.3, -0.25) is 0 Å². The number of quaternary nitrogens is 1.